The summed E-state index contributed by atoms with van der Waals surface area (Å²) < 4.78 is 11.8. The van der Waals surface area contributed by atoms with Gasteiger partial charge < -0.3 is 19.7 Å². The molecule has 1 atom stereocenters. The number of ketones is 1. The van der Waals surface area contributed by atoms with Gasteiger partial charge in [0.15, 0.2) is 5.13 Å². The Labute approximate surface area is 226 Å². The van der Waals surface area contributed by atoms with E-state index in [0.29, 0.717) is 28.3 Å². The number of aliphatic hydroxyl groups excluding tert-OH is 1. The van der Waals surface area contributed by atoms with Gasteiger partial charge in [0.05, 0.1) is 45.8 Å². The summed E-state index contributed by atoms with van der Waals surface area (Å²) in [5.74, 6) is -2.52. The lowest BCUT2D eigenvalue weighted by atomic mass is 9.98. The number of carbonyl (C=O) groups is 3. The molecule has 1 fully saturated rings. The van der Waals surface area contributed by atoms with Gasteiger partial charge in [-0.25, -0.2) is 9.78 Å². The van der Waals surface area contributed by atoms with Crippen LogP contribution in [0.1, 0.15) is 41.5 Å². The zero-order chi connectivity index (χ0) is 27.7. The zero-order valence-corrected chi connectivity index (χ0v) is 21.8. The summed E-state index contributed by atoms with van der Waals surface area (Å²) in [5.41, 5.74) is 0.920. The molecule has 0 radical (unpaired) electrons. The fourth-order valence-corrected chi connectivity index (χ4v) is 5.40. The van der Waals surface area contributed by atoms with Crippen molar-refractivity contribution in [1.29, 1.82) is 0 Å². The number of benzene rings is 2. The number of ether oxygens (including phenoxy) is 2. The van der Waals surface area contributed by atoms with Gasteiger partial charge in [0.25, 0.3) is 5.78 Å². The first-order chi connectivity index (χ1) is 18.8. The van der Waals surface area contributed by atoms with Crippen LogP contribution in [-0.4, -0.2) is 51.1 Å². The molecule has 0 bridgehead atoms. The molecule has 0 spiro atoms. The average molecular weight is 546 g/mol. The Morgan fingerprint density at radius 1 is 1.03 bits per heavy atom. The molecule has 39 heavy (non-hydrogen) atoms. The maximum atomic E-state index is 13.5. The Morgan fingerprint density at radius 3 is 2.51 bits per heavy atom. The quantitative estimate of drug-likeness (QED) is 0.181. The van der Waals surface area contributed by atoms with Crippen LogP contribution in [0, 0.1) is 0 Å². The third-order valence-electron chi connectivity index (χ3n) is 6.06. The van der Waals surface area contributed by atoms with Crippen LogP contribution in [0.3, 0.4) is 0 Å². The topological polar surface area (TPSA) is 139 Å². The average Bonchev–Trinajstić information content (AvgIpc) is 3.47. The molecule has 3 heterocycles. The number of aromatic nitrogens is 2. The molecule has 1 amide bonds. The Kier molecular flexibility index (Phi) is 6.99. The number of aromatic carboxylic acids is 1. The number of aliphatic hydroxyl groups is 1. The molecule has 0 saturated carbocycles. The fourth-order valence-electron chi connectivity index (χ4n) is 4.37. The lowest BCUT2D eigenvalue weighted by molar-refractivity contribution is -0.132. The van der Waals surface area contributed by atoms with E-state index in [1.165, 1.54) is 23.2 Å². The smallest absolute Gasteiger partial charge is 0.335 e. The van der Waals surface area contributed by atoms with Crippen molar-refractivity contribution in [3.63, 3.8) is 0 Å². The minimum Gasteiger partial charge on any atom is -0.507 e. The number of rotatable bonds is 8. The van der Waals surface area contributed by atoms with E-state index < -0.39 is 29.5 Å². The van der Waals surface area contributed by atoms with Gasteiger partial charge in [0, 0.05) is 12.3 Å². The van der Waals surface area contributed by atoms with E-state index in [0.717, 1.165) is 11.3 Å². The minimum absolute atomic E-state index is 0.0694. The number of carboxylic acids is 1. The summed E-state index contributed by atoms with van der Waals surface area (Å²) in [6.45, 7) is 4.34. The van der Waals surface area contributed by atoms with Crippen molar-refractivity contribution >= 4 is 50.1 Å². The van der Waals surface area contributed by atoms with Crippen molar-refractivity contribution < 1.29 is 34.1 Å². The standard InChI is InChI=1S/C28H23N3O7S/c1-3-37-16-9-10-17(20(14-16)38-4-2)24(32)22-23(19-7-5-6-12-29-19)31(26(34)25(22)33)28-30-18-11-8-15(27(35)36)13-21(18)39-28/h5-14,23,32H,3-4H2,1-2H3,(H,35,36)/b24-22+. The normalized spacial score (nSPS) is 16.6. The van der Waals surface area contributed by atoms with Crippen molar-refractivity contribution in [2.45, 2.75) is 19.9 Å². The predicted molar refractivity (Wildman–Crippen MR) is 144 cm³/mol. The highest BCUT2D eigenvalue weighted by Gasteiger charge is 2.49. The van der Waals surface area contributed by atoms with Gasteiger partial charge in [-0.05, 0) is 56.3 Å². The van der Waals surface area contributed by atoms with Crippen molar-refractivity contribution in [1.82, 2.24) is 9.97 Å². The van der Waals surface area contributed by atoms with E-state index in [9.17, 15) is 24.6 Å². The van der Waals surface area contributed by atoms with Gasteiger partial charge in [0.1, 0.15) is 23.3 Å². The van der Waals surface area contributed by atoms with E-state index in [1.807, 2.05) is 6.92 Å². The van der Waals surface area contributed by atoms with E-state index in [4.69, 9.17) is 9.47 Å². The molecule has 2 N–H and O–H groups in total. The maximum absolute atomic E-state index is 13.5. The largest absolute Gasteiger partial charge is 0.507 e. The molecule has 5 rings (SSSR count). The summed E-state index contributed by atoms with van der Waals surface area (Å²) in [7, 11) is 0. The highest BCUT2D eigenvalue weighted by atomic mass is 32.1. The van der Waals surface area contributed by atoms with Gasteiger partial charge in [-0.3, -0.25) is 19.5 Å². The van der Waals surface area contributed by atoms with Crippen LogP contribution in [0.5, 0.6) is 11.5 Å². The van der Waals surface area contributed by atoms with Crippen molar-refractivity contribution in [2.75, 3.05) is 18.1 Å². The Bertz CT molecular complexity index is 1630. The fraction of sp³-hybridized carbons (Fsp3) is 0.179. The number of nitrogens with zero attached hydrogens (tertiary/aromatic N) is 3. The third kappa shape index (κ3) is 4.68. The third-order valence-corrected chi connectivity index (χ3v) is 7.08. The molecule has 1 saturated heterocycles. The van der Waals surface area contributed by atoms with Crippen LogP contribution >= 0.6 is 11.3 Å². The Morgan fingerprint density at radius 2 is 1.82 bits per heavy atom. The summed E-state index contributed by atoms with van der Waals surface area (Å²) in [5, 5.41) is 21.0. The summed E-state index contributed by atoms with van der Waals surface area (Å²) in [6.07, 6.45) is 1.52. The Balaban J connectivity index is 1.70. The molecule has 0 aliphatic carbocycles. The van der Waals surface area contributed by atoms with Gasteiger partial charge >= 0.3 is 11.9 Å². The molecule has 198 valence electrons. The predicted octanol–water partition coefficient (Wildman–Crippen LogP) is 4.81. The highest BCUT2D eigenvalue weighted by Crippen LogP contribution is 2.45. The lowest BCUT2D eigenvalue weighted by Crippen LogP contribution is -2.29. The minimum atomic E-state index is -1.10. The van der Waals surface area contributed by atoms with Gasteiger partial charge in [-0.1, -0.05) is 17.4 Å². The first-order valence-electron chi connectivity index (χ1n) is 12.1. The van der Waals surface area contributed by atoms with Crippen LogP contribution in [0.2, 0.25) is 0 Å². The molecule has 2 aromatic heterocycles. The number of thiazole rings is 1. The van der Waals surface area contributed by atoms with E-state index in [2.05, 4.69) is 9.97 Å². The number of pyridine rings is 1. The number of hydrogen-bond acceptors (Lipinski definition) is 9. The van der Waals surface area contributed by atoms with Crippen molar-refractivity contribution in [3.05, 3.63) is 83.2 Å². The van der Waals surface area contributed by atoms with E-state index in [-0.39, 0.29) is 34.2 Å². The van der Waals surface area contributed by atoms with E-state index in [1.54, 1.807) is 49.4 Å². The number of hydrogen-bond donors (Lipinski definition) is 2. The molecule has 4 aromatic rings. The summed E-state index contributed by atoms with van der Waals surface area (Å²) in [6, 6.07) is 13.2. The van der Waals surface area contributed by atoms with Gasteiger partial charge in [0.2, 0.25) is 0 Å². The monoisotopic (exact) mass is 545 g/mol. The summed E-state index contributed by atoms with van der Waals surface area (Å²) in [4.78, 5) is 48.5. The zero-order valence-electron chi connectivity index (χ0n) is 21.0. The molecule has 1 aliphatic rings. The SMILES string of the molecule is CCOc1ccc(/C(O)=C2\C(=O)C(=O)N(c3nc4ccc(C(=O)O)cc4s3)C2c2ccccn2)c(OCC)c1. The number of carbonyl (C=O) groups excluding carboxylic acids is 2. The Hall–Kier alpha value is -4.77. The lowest BCUT2D eigenvalue weighted by Gasteiger charge is -2.22. The van der Waals surface area contributed by atoms with E-state index >= 15 is 0 Å². The molecule has 2 aromatic carbocycles. The molecule has 10 nitrogen and oxygen atoms in total. The molecular weight excluding hydrogens is 522 g/mol. The van der Waals surface area contributed by atoms with Crippen LogP contribution in [0.4, 0.5) is 5.13 Å². The van der Waals surface area contributed by atoms with Crippen LogP contribution in [0.15, 0.2) is 66.4 Å². The second kappa shape index (κ2) is 10.5. The number of anilines is 1. The van der Waals surface area contributed by atoms with Crippen LogP contribution in [0.25, 0.3) is 16.0 Å². The van der Waals surface area contributed by atoms with Crippen LogP contribution in [-0.2, 0) is 9.59 Å². The number of fused-ring (bicyclic) bond motifs is 1. The number of amides is 1. The second-order valence-electron chi connectivity index (χ2n) is 8.43. The first kappa shape index (κ1) is 25.9. The van der Waals surface area contributed by atoms with Crippen molar-refractivity contribution in [2.24, 2.45) is 0 Å². The molecular formula is C28H23N3O7S. The maximum Gasteiger partial charge on any atom is 0.335 e. The second-order valence-corrected chi connectivity index (χ2v) is 9.44. The van der Waals surface area contributed by atoms with Gasteiger partial charge in [-0.15, -0.1) is 0 Å². The molecule has 11 heteroatoms. The highest BCUT2D eigenvalue weighted by molar-refractivity contribution is 7.22. The van der Waals surface area contributed by atoms with Gasteiger partial charge in [-0.2, -0.15) is 0 Å². The first-order valence-corrected chi connectivity index (χ1v) is 12.9. The molecule has 1 aliphatic heterocycles. The summed E-state index contributed by atoms with van der Waals surface area (Å²) >= 11 is 1.06. The number of Topliss-reactive ketones (excluding diaryl/α,β-unsaturated/α-hetero) is 1. The number of carboxylic acid groups (broad SMARTS) is 1. The van der Waals surface area contributed by atoms with Crippen molar-refractivity contribution in [3.8, 4) is 11.5 Å². The van der Waals surface area contributed by atoms with Crippen LogP contribution < -0.4 is 14.4 Å². The molecule has 1 unspecified atom stereocenters.